The lowest BCUT2D eigenvalue weighted by molar-refractivity contribution is -0.141. The molecule has 0 radical (unpaired) electrons. The number of carboxylic acid groups (broad SMARTS) is 3. The second-order valence-electron chi connectivity index (χ2n) is 17.5. The molecule has 4 aromatic carbocycles. The van der Waals surface area contributed by atoms with Gasteiger partial charge in [0.2, 0.25) is 17.7 Å². The third-order valence-electron chi connectivity index (χ3n) is 12.1. The number of phenols is 2. The molecule has 2 aliphatic heterocycles. The van der Waals surface area contributed by atoms with Crippen LogP contribution in [0.4, 0.5) is 10.5 Å². The number of urea groups is 1. The Morgan fingerprint density at radius 1 is 0.595 bits per heavy atom. The van der Waals surface area contributed by atoms with Gasteiger partial charge in [-0.1, -0.05) is 55.7 Å². The van der Waals surface area contributed by atoms with Crippen molar-refractivity contribution >= 4 is 70.6 Å². The van der Waals surface area contributed by atoms with Gasteiger partial charge in [-0.15, -0.1) is 0 Å². The van der Waals surface area contributed by atoms with Crippen molar-refractivity contribution < 1.29 is 73.4 Å². The maximum absolute atomic E-state index is 13.5. The first-order valence-corrected chi connectivity index (χ1v) is 24.2. The summed E-state index contributed by atoms with van der Waals surface area (Å²) in [6.45, 7) is 0.505. The lowest BCUT2D eigenvalue weighted by Crippen LogP contribution is -2.51. The summed E-state index contributed by atoms with van der Waals surface area (Å²) in [5.74, 6) is -5.76. The molecule has 12 N–H and O–H groups in total. The fourth-order valence-corrected chi connectivity index (χ4v) is 8.66. The summed E-state index contributed by atoms with van der Waals surface area (Å²) < 4.78 is 12.2. The maximum atomic E-state index is 13.5. The van der Waals surface area contributed by atoms with Crippen LogP contribution in [0.5, 0.6) is 23.0 Å². The fraction of sp³-hybridized carbons (Fsp3) is 0.353. The van der Waals surface area contributed by atoms with Crippen molar-refractivity contribution in [2.75, 3.05) is 25.0 Å². The standard InChI is InChI=1S/C51H57N7O15S/c59-31-13-16-35-40(27-31)72-41-28-32(60)14-17-36(41)51(35)34-15-12-30(26-33(34)48(70)73-51)55-50(74)54-22-8-3-1-2-7-11-43(62)56-39(25-29-9-5-4-6-10-29)45(65)53-24-23-52-42(61)20-18-37(46(66)67)57-49(71)58-38(47(68)69)19-21-44(63)64/h4-6,9-10,12-17,26-28,37-39,59-60H,1-3,7-8,11,18-25H2,(H,52,61)(H,53,65)(H,56,62)(H,63,64)(H,66,67)(H,68,69)(H2,54,55,74)(H2,57,58,71)/t37-,38-,39-/m0/s1. The van der Waals surface area contributed by atoms with Crippen LogP contribution in [0.2, 0.25) is 0 Å². The molecule has 74 heavy (non-hydrogen) atoms. The Labute approximate surface area is 429 Å². The summed E-state index contributed by atoms with van der Waals surface area (Å²) in [5.41, 5.74) is 1.89. The number of carbonyl (C=O) groups is 8. The quantitative estimate of drug-likeness (QED) is 0.0239. The summed E-state index contributed by atoms with van der Waals surface area (Å²) in [7, 11) is 0. The number of benzene rings is 4. The van der Waals surface area contributed by atoms with Crippen molar-refractivity contribution in [3.8, 4) is 23.0 Å². The van der Waals surface area contributed by atoms with Gasteiger partial charge in [-0.25, -0.2) is 19.2 Å². The van der Waals surface area contributed by atoms with Gasteiger partial charge in [0, 0.05) is 79.8 Å². The number of unbranched alkanes of at least 4 members (excludes halogenated alkanes) is 4. The number of anilines is 1. The molecule has 0 saturated heterocycles. The van der Waals surface area contributed by atoms with Gasteiger partial charge in [-0.05, 0) is 79.9 Å². The molecule has 1 spiro atoms. The van der Waals surface area contributed by atoms with Gasteiger partial charge in [0.1, 0.15) is 41.1 Å². The molecule has 2 heterocycles. The van der Waals surface area contributed by atoms with E-state index in [-0.39, 0.29) is 67.7 Å². The second-order valence-corrected chi connectivity index (χ2v) is 17.9. The molecule has 4 aromatic rings. The van der Waals surface area contributed by atoms with E-state index in [1.807, 2.05) is 35.6 Å². The smallest absolute Gasteiger partial charge is 0.340 e. The van der Waals surface area contributed by atoms with E-state index in [1.165, 1.54) is 24.3 Å². The molecule has 0 fully saturated rings. The van der Waals surface area contributed by atoms with E-state index >= 15 is 0 Å². The Kier molecular flexibility index (Phi) is 19.1. The number of aliphatic carboxylic acids is 3. The van der Waals surface area contributed by atoms with Crippen molar-refractivity contribution in [2.45, 2.75) is 94.4 Å². The lowest BCUT2D eigenvalue weighted by atomic mass is 9.77. The van der Waals surface area contributed by atoms with Crippen LogP contribution in [0, 0.1) is 0 Å². The predicted molar refractivity (Wildman–Crippen MR) is 269 cm³/mol. The number of ether oxygens (including phenoxy) is 2. The average molecular weight is 1040 g/mol. The van der Waals surface area contributed by atoms with Crippen molar-refractivity contribution in [1.82, 2.24) is 31.9 Å². The summed E-state index contributed by atoms with van der Waals surface area (Å²) in [5, 5.41) is 66.7. The molecule has 0 saturated carbocycles. The minimum atomic E-state index is -1.58. The van der Waals surface area contributed by atoms with Crippen LogP contribution in [0.15, 0.2) is 84.9 Å². The monoisotopic (exact) mass is 1040 g/mol. The van der Waals surface area contributed by atoms with Crippen LogP contribution in [-0.2, 0) is 45.5 Å². The second kappa shape index (κ2) is 25.8. The number of carbonyl (C=O) groups excluding carboxylic acids is 5. The number of nitrogens with one attached hydrogen (secondary N) is 7. The molecule has 0 aliphatic carbocycles. The Hall–Kier alpha value is -8.47. The zero-order chi connectivity index (χ0) is 53.4. The summed E-state index contributed by atoms with van der Waals surface area (Å²) >= 11 is 5.54. The van der Waals surface area contributed by atoms with Gasteiger partial charge in [0.15, 0.2) is 10.7 Å². The molecule has 5 amide bonds. The van der Waals surface area contributed by atoms with Gasteiger partial charge in [-0.3, -0.25) is 19.2 Å². The van der Waals surface area contributed by atoms with E-state index in [4.69, 9.17) is 26.8 Å². The number of esters is 1. The number of hydrogen-bond acceptors (Lipinski definition) is 13. The third-order valence-corrected chi connectivity index (χ3v) is 12.3. The van der Waals surface area contributed by atoms with Crippen LogP contribution in [0.1, 0.15) is 96.8 Å². The number of rotatable bonds is 26. The van der Waals surface area contributed by atoms with Gasteiger partial charge >= 0.3 is 29.9 Å². The number of carboxylic acids is 3. The number of phenolic OH excluding ortho intramolecular Hbond substituents is 2. The van der Waals surface area contributed by atoms with Crippen molar-refractivity contribution in [1.29, 1.82) is 0 Å². The highest BCUT2D eigenvalue weighted by Gasteiger charge is 2.53. The number of fused-ring (bicyclic) bond motifs is 6. The predicted octanol–water partition coefficient (Wildman–Crippen LogP) is 4.10. The van der Waals surface area contributed by atoms with Crippen LogP contribution in [0.3, 0.4) is 0 Å². The Bertz CT molecular complexity index is 2710. The molecule has 392 valence electrons. The molecule has 23 heteroatoms. The molecule has 2 aliphatic rings. The highest BCUT2D eigenvalue weighted by atomic mass is 32.1. The SMILES string of the molecule is O=C(O)CC[C@H](NC(=O)N[C@@H](CCC(=O)NCCNC(=O)[C@H](Cc1ccccc1)NC(=O)CCCCCCCNC(=S)Nc1ccc2c(c1)C(=O)OC21c2ccc(O)cc2Oc2cc(O)ccc21)C(=O)O)C(=O)O. The molecule has 0 aromatic heterocycles. The fourth-order valence-electron chi connectivity index (χ4n) is 8.44. The number of thiocarbonyl (C=S) groups is 1. The molecule has 3 atom stereocenters. The number of amides is 5. The van der Waals surface area contributed by atoms with Crippen LogP contribution in [-0.4, -0.2) is 116 Å². The molecular formula is C51H57N7O15S. The van der Waals surface area contributed by atoms with E-state index in [9.17, 15) is 58.8 Å². The zero-order valence-electron chi connectivity index (χ0n) is 39.9. The zero-order valence-corrected chi connectivity index (χ0v) is 40.8. The van der Waals surface area contributed by atoms with E-state index < -0.39 is 78.3 Å². The molecule has 0 unspecified atom stereocenters. The summed E-state index contributed by atoms with van der Waals surface area (Å²) in [6, 6.07) is 18.2. The first-order valence-electron chi connectivity index (χ1n) is 23.8. The lowest BCUT2D eigenvalue weighted by Gasteiger charge is -2.36. The van der Waals surface area contributed by atoms with E-state index in [2.05, 4.69) is 31.9 Å². The molecule has 22 nitrogen and oxygen atoms in total. The van der Waals surface area contributed by atoms with Crippen LogP contribution < -0.4 is 42.0 Å². The van der Waals surface area contributed by atoms with Gasteiger partial charge in [0.25, 0.3) is 0 Å². The number of aromatic hydroxyl groups is 2. The average Bonchev–Trinajstić information content (AvgIpc) is 3.63. The van der Waals surface area contributed by atoms with Crippen molar-refractivity contribution in [2.24, 2.45) is 0 Å². The van der Waals surface area contributed by atoms with Crippen LogP contribution >= 0.6 is 12.2 Å². The van der Waals surface area contributed by atoms with Crippen molar-refractivity contribution in [3.05, 3.63) is 113 Å². The first kappa shape index (κ1) is 54.9. The first-order chi connectivity index (χ1) is 35.4. The number of hydrogen-bond donors (Lipinski definition) is 12. The van der Waals surface area contributed by atoms with E-state index in [0.717, 1.165) is 31.2 Å². The Morgan fingerprint density at radius 3 is 1.82 bits per heavy atom. The third kappa shape index (κ3) is 14.8. The molecule has 0 bridgehead atoms. The van der Waals surface area contributed by atoms with Gasteiger partial charge in [0.05, 0.1) is 5.56 Å². The Balaban J connectivity index is 0.880. The minimum Gasteiger partial charge on any atom is -0.508 e. The summed E-state index contributed by atoms with van der Waals surface area (Å²) in [6.07, 6.45) is 2.51. The highest BCUT2D eigenvalue weighted by Crippen LogP contribution is 2.57. The van der Waals surface area contributed by atoms with E-state index in [0.29, 0.717) is 46.0 Å². The summed E-state index contributed by atoms with van der Waals surface area (Å²) in [4.78, 5) is 98.4. The molecular weight excluding hydrogens is 983 g/mol. The van der Waals surface area contributed by atoms with Crippen LogP contribution in [0.25, 0.3) is 0 Å². The molecule has 6 rings (SSSR count). The highest BCUT2D eigenvalue weighted by molar-refractivity contribution is 7.80. The largest absolute Gasteiger partial charge is 0.508 e. The normalized spacial score (nSPS) is 13.7. The topological polar surface area (TPSA) is 340 Å². The van der Waals surface area contributed by atoms with Crippen molar-refractivity contribution in [3.63, 3.8) is 0 Å². The van der Waals surface area contributed by atoms with Gasteiger partial charge < -0.3 is 72.2 Å². The maximum Gasteiger partial charge on any atom is 0.340 e. The Morgan fingerprint density at radius 2 is 1.19 bits per heavy atom. The van der Waals surface area contributed by atoms with Gasteiger partial charge in [-0.2, -0.15) is 0 Å². The minimum absolute atomic E-state index is 0.0217. The van der Waals surface area contributed by atoms with E-state index in [1.54, 1.807) is 30.3 Å².